The number of hydrogen-bond acceptors (Lipinski definition) is 60. The van der Waals surface area contributed by atoms with Crippen LogP contribution in [0.15, 0.2) is 0 Å². The molecule has 60 atom stereocenters. The summed E-state index contributed by atoms with van der Waals surface area (Å²) in [6.45, 7) is -5.87. The van der Waals surface area contributed by atoms with Crippen molar-refractivity contribution in [1.29, 1.82) is 0 Å². The van der Waals surface area contributed by atoms with Crippen LogP contribution < -0.4 is 31.9 Å². The van der Waals surface area contributed by atoms with E-state index in [1.807, 2.05) is 0 Å². The molecule has 12 rings (SSSR count). The zero-order valence-corrected chi connectivity index (χ0v) is 81.1. The lowest BCUT2D eigenvalue weighted by Crippen LogP contribution is -2.71. The highest BCUT2D eigenvalue weighted by atomic mass is 16.8. The maximum Gasteiger partial charge on any atom is 0.217 e. The summed E-state index contributed by atoms with van der Waals surface area (Å²) < 4.78 is 138. The van der Waals surface area contributed by atoms with Crippen LogP contribution in [0.1, 0.15) is 48.5 Å². The van der Waals surface area contributed by atoms with E-state index in [0.29, 0.717) is 0 Å². The predicted octanol–water partition coefficient (Wildman–Crippen LogP) is -25.3. The molecule has 0 aliphatic carbocycles. The Labute approximate surface area is 849 Å². The average Bonchev–Trinajstić information content (AvgIpc) is 0.760. The number of carbonyl (C=O) groups is 6. The Morgan fingerprint density at radius 2 is 0.413 bits per heavy atom. The maximum absolute atomic E-state index is 13.4. The number of nitrogens with one attached hydrogen (secondary N) is 6. The second-order valence-corrected chi connectivity index (χ2v) is 38.1. The molecule has 1 unspecified atom stereocenters. The van der Waals surface area contributed by atoms with Crippen molar-refractivity contribution in [3.05, 3.63) is 0 Å². The van der Waals surface area contributed by atoms with Crippen molar-refractivity contribution < 1.29 is 296 Å². The molecule has 150 heavy (non-hydrogen) atoms. The normalized spacial score (nSPS) is 48.8. The van der Waals surface area contributed by atoms with Gasteiger partial charge in [0.15, 0.2) is 75.5 Å². The Balaban J connectivity index is 0.860. The summed E-state index contributed by atoms with van der Waals surface area (Å²) >= 11 is 0. The van der Waals surface area contributed by atoms with Gasteiger partial charge in [-0.25, -0.2) is 0 Å². The third-order valence-electron chi connectivity index (χ3n) is 27.4. The molecule has 0 aromatic rings. The highest BCUT2D eigenvalue weighted by Crippen LogP contribution is 2.43. The van der Waals surface area contributed by atoms with Gasteiger partial charge in [0.05, 0.1) is 78.8 Å². The third kappa shape index (κ3) is 27.5. The van der Waals surface area contributed by atoms with Gasteiger partial charge in [0.25, 0.3) is 0 Å². The Morgan fingerprint density at radius 1 is 0.187 bits per heavy atom. The Kier molecular flexibility index (Phi) is 44.4. The van der Waals surface area contributed by atoms with Gasteiger partial charge in [0, 0.05) is 41.5 Å². The van der Waals surface area contributed by atoms with Crippen LogP contribution in [0.25, 0.3) is 0 Å². The molecule has 0 radical (unpaired) electrons. The van der Waals surface area contributed by atoms with Gasteiger partial charge in [0.1, 0.15) is 287 Å². The highest BCUT2D eigenvalue weighted by molar-refractivity contribution is 5.75. The van der Waals surface area contributed by atoms with E-state index in [0.717, 1.165) is 41.5 Å². The molecule has 37 N–H and O–H groups in total. The van der Waals surface area contributed by atoms with Crippen LogP contribution >= 0.6 is 0 Å². The molecule has 6 amide bonds. The van der Waals surface area contributed by atoms with Gasteiger partial charge in [-0.2, -0.15) is 0 Å². The predicted molar refractivity (Wildman–Crippen MR) is 463 cm³/mol. The van der Waals surface area contributed by atoms with Crippen molar-refractivity contribution in [2.75, 3.05) is 72.7 Å². The molecule has 0 spiro atoms. The molecule has 0 saturated carbocycles. The monoisotopic (exact) mass is 2190 g/mol. The molecule has 12 fully saturated rings. The minimum atomic E-state index is -2.72. The third-order valence-corrected chi connectivity index (χ3v) is 27.4. The molecule has 0 aromatic carbocycles. The van der Waals surface area contributed by atoms with E-state index in [-0.39, 0.29) is 0 Å². The van der Waals surface area contributed by atoms with Crippen molar-refractivity contribution in [2.45, 2.75) is 417 Å². The Bertz CT molecular complexity index is 4250. The first-order valence-electron chi connectivity index (χ1n) is 48.0. The number of carbonyl (C=O) groups excluding carboxylic acids is 6. The van der Waals surface area contributed by atoms with Gasteiger partial charge < -0.3 is 299 Å². The lowest BCUT2D eigenvalue weighted by Gasteiger charge is -2.51. The van der Waals surface area contributed by atoms with Crippen molar-refractivity contribution >= 4 is 35.4 Å². The van der Waals surface area contributed by atoms with Crippen LogP contribution in [0.4, 0.5) is 0 Å². The second kappa shape index (κ2) is 54.0. The quantitative estimate of drug-likeness (QED) is 0.0272. The molecule has 12 aliphatic heterocycles. The van der Waals surface area contributed by atoms with E-state index in [1.165, 1.54) is 6.92 Å². The smallest absolute Gasteiger partial charge is 0.217 e. The fraction of sp³-hybridized carbons (Fsp3) is 0.929. The first-order valence-corrected chi connectivity index (χ1v) is 48.0. The highest BCUT2D eigenvalue weighted by Gasteiger charge is 2.64. The van der Waals surface area contributed by atoms with E-state index in [1.54, 1.807) is 0 Å². The van der Waals surface area contributed by atoms with Gasteiger partial charge in [-0.3, -0.25) is 28.8 Å². The molecule has 866 valence electrons. The average molecular weight is 2190 g/mol. The summed E-state index contributed by atoms with van der Waals surface area (Å²) in [5.41, 5.74) is 0. The fourth-order valence-corrected chi connectivity index (χ4v) is 19.6. The maximum atomic E-state index is 13.4. The van der Waals surface area contributed by atoms with Gasteiger partial charge >= 0.3 is 0 Å². The summed E-state index contributed by atoms with van der Waals surface area (Å²) in [7, 11) is 0. The minimum Gasteiger partial charge on any atom is -0.394 e. The summed E-state index contributed by atoms with van der Waals surface area (Å²) in [5.74, 6) is -5.68. The van der Waals surface area contributed by atoms with Crippen molar-refractivity contribution in [3.8, 4) is 0 Å². The molecule has 66 nitrogen and oxygen atoms in total. The topological polar surface area (TPSA) is 1010 Å². The number of hydrogen-bond donors (Lipinski definition) is 37. The van der Waals surface area contributed by atoms with Crippen molar-refractivity contribution in [3.63, 3.8) is 0 Å². The lowest BCUT2D eigenvalue weighted by molar-refractivity contribution is -0.400. The number of rotatable bonds is 39. The molecule has 0 aromatic heterocycles. The van der Waals surface area contributed by atoms with E-state index in [4.69, 9.17) is 109 Å². The number of aliphatic hydroxyl groups is 31. The van der Waals surface area contributed by atoms with Crippen LogP contribution in [0.5, 0.6) is 0 Å². The summed E-state index contributed by atoms with van der Waals surface area (Å²) in [6, 6.07) is -11.5. The van der Waals surface area contributed by atoms with Gasteiger partial charge in [-0.1, -0.05) is 0 Å². The summed E-state index contributed by atoms with van der Waals surface area (Å²) in [6.07, 6.45) is -115. The molecule has 12 aliphatic rings. The van der Waals surface area contributed by atoms with Gasteiger partial charge in [0.2, 0.25) is 35.4 Å². The van der Waals surface area contributed by atoms with E-state index in [2.05, 4.69) is 31.9 Å². The first-order chi connectivity index (χ1) is 70.9. The Hall–Kier alpha value is -5.34. The van der Waals surface area contributed by atoms with Crippen LogP contribution in [0, 0.1) is 0 Å². The molecule has 0 bridgehead atoms. The second-order valence-electron chi connectivity index (χ2n) is 38.1. The first kappa shape index (κ1) is 123. The number of amides is 6. The molecule has 12 heterocycles. The van der Waals surface area contributed by atoms with Gasteiger partial charge in [-0.05, 0) is 6.92 Å². The standard InChI is InChI=1S/C84H140N6O60/c1-19-43(106)57(120)60(123)79(130-19)128-18-36-67(53(116)37(73(127)131-36)85-20(2)100)142-76-40(88-23(5)103)54(117)66(32(14-97)138-76)145-82-63(126)70(148-84-72(59(122)47(110)29(11-94)137-84)150-78-42(90-25(7)105)56(119)65(34(16-99)140-78)144-81-62(125)69(49(112)31(13-96)135-81)147-75-39(87-22(4)102)52(115)45(108)27(9-92)133-75)50(113)35(141-82)17-129-83-71(58(121)46(109)28(10-93)136-83)149-77-41(89-24(6)104)55(118)64(33(15-98)139-77)143-80-61(124)68(48(111)30(12-95)134-80)146-74-38(86-21(3)101)51(114)44(107)26(8-91)132-74/h19,26-84,91-99,106-127H,8-18H2,1-7H3,(H,85,100)(H,86,101)(H,87,102)(H,88,103)(H,89,104)(H,90,105)/t19-,26+,27+,28+,29+,30+,31+,32+,33+,34+,35+,36+,37+,38+,39+,40+,41+,42-,43+,44+,45+,46+,47+,48-,49-,50+,51+,52+,53+,54+,55+,56+,57+,58-,59-,60-,61+,62+,63-,64+,65+,66+,67+,68-,69-,70-,71-,72-,73?,74-,75-,76-,77-,78-,79+,80-,81-,82-,83-,84+/m0/s1. The lowest BCUT2D eigenvalue weighted by atomic mass is 9.93. The van der Waals surface area contributed by atoms with Crippen LogP contribution in [-0.4, -0.2) is 635 Å². The Morgan fingerprint density at radius 3 is 0.753 bits per heavy atom. The number of ether oxygens (including phenoxy) is 23. The summed E-state index contributed by atoms with van der Waals surface area (Å²) in [5, 5.41) is 367. The zero-order valence-electron chi connectivity index (χ0n) is 81.1. The van der Waals surface area contributed by atoms with E-state index < -0.39 is 476 Å². The minimum absolute atomic E-state index is 0.834. The molecular formula is C84H140N6O60. The van der Waals surface area contributed by atoms with E-state index in [9.17, 15) is 187 Å². The SMILES string of the molecule is CC(=O)N[C@@H]1[C@H](O[C@@H]2[C@@H](O[C@@H]3[C@H](O)[C@H](O[C@H]4[C@H](O)[C@@H](NC(C)=O)[C@H](O[C@H]5[C@H](O)[C@@H](NC(C)=O)C(O)O[C@@H]5CO[C@@H]5O[C@@H](C)[C@@H](O)[C@@H](O)[C@@H]5O)O[C@@H]4CO)O[C@H](CO[C@H]4O[C@H](CO)[C@@H](O)[C@H](O)[C@@H]4O[C@@H]4O[C@H](CO)[C@@H](O[C@@H]5O[C@H](CO)[C@H](O)[C@H](O[C@@H]6O[C@H](CO)[C@@H](O)[C@H](O)[C@H]6NC(C)=O)[C@H]5O)[C@H](O)[C@H]4NC(C)=O)[C@H]3O)O[C@H](CO)[C@@H](O)[C@@H]2O)O[C@H](CO)[C@@H](O[C@@H]2O[C@H](CO)[C@H](O)[C@H](O[C@@H]3O[C@H](CO)[C@@H](O)[C@H](O)[C@H]3NC(C)=O)[C@H]2O)[C@@H]1O. The van der Waals surface area contributed by atoms with Crippen molar-refractivity contribution in [1.82, 2.24) is 31.9 Å². The molecular weight excluding hydrogens is 2050 g/mol. The fourth-order valence-electron chi connectivity index (χ4n) is 19.6. The molecule has 12 saturated heterocycles. The van der Waals surface area contributed by atoms with E-state index >= 15 is 0 Å². The van der Waals surface area contributed by atoms with Crippen molar-refractivity contribution in [2.24, 2.45) is 0 Å². The van der Waals surface area contributed by atoms with Gasteiger partial charge in [-0.15, -0.1) is 0 Å². The largest absolute Gasteiger partial charge is 0.394 e. The van der Waals surface area contributed by atoms with Crippen LogP contribution in [0.3, 0.4) is 0 Å². The van der Waals surface area contributed by atoms with Crippen LogP contribution in [-0.2, 0) is 138 Å². The number of aliphatic hydroxyl groups excluding tert-OH is 31. The summed E-state index contributed by atoms with van der Waals surface area (Å²) in [4.78, 5) is 77.4. The molecule has 66 heteroatoms. The van der Waals surface area contributed by atoms with Crippen LogP contribution in [0.2, 0.25) is 0 Å². The zero-order chi connectivity index (χ0) is 110.